The summed E-state index contributed by atoms with van der Waals surface area (Å²) >= 11 is 0. The molecule has 1 aliphatic rings. The molecule has 1 fully saturated rings. The van der Waals surface area contributed by atoms with Gasteiger partial charge in [-0.2, -0.15) is 0 Å². The quantitative estimate of drug-likeness (QED) is 0.533. The second kappa shape index (κ2) is 4.94. The molecule has 1 atom stereocenters. The first kappa shape index (κ1) is 11.7. The second-order valence-electron chi connectivity index (χ2n) is 5.18. The molecule has 0 aromatic carbocycles. The van der Waals surface area contributed by atoms with Crippen LogP contribution >= 0.6 is 0 Å². The molecule has 14 heavy (non-hydrogen) atoms. The van der Waals surface area contributed by atoms with E-state index in [4.69, 9.17) is 0 Å². The fraction of sp³-hybridized carbons (Fsp3) is 0.833. The molecule has 1 rings (SSSR count). The summed E-state index contributed by atoms with van der Waals surface area (Å²) in [6.07, 6.45) is 3.25. The van der Waals surface area contributed by atoms with Crippen LogP contribution in [0.2, 0.25) is 0 Å². The maximum Gasteiger partial charge on any atom is 0.0192 e. The lowest BCUT2D eigenvalue weighted by atomic mass is 9.93. The number of hydrogen-bond acceptors (Lipinski definition) is 2. The van der Waals surface area contributed by atoms with Gasteiger partial charge in [0, 0.05) is 25.7 Å². The maximum absolute atomic E-state index is 3.70. The minimum atomic E-state index is 0.521. The topological polar surface area (TPSA) is 15.3 Å². The Morgan fingerprint density at radius 3 is 2.79 bits per heavy atom. The van der Waals surface area contributed by atoms with Crippen LogP contribution in [0.5, 0.6) is 0 Å². The van der Waals surface area contributed by atoms with Crippen LogP contribution in [0.4, 0.5) is 0 Å². The normalized spacial score (nSPS) is 23.6. The number of nitrogens with one attached hydrogen (secondary N) is 1. The second-order valence-corrected chi connectivity index (χ2v) is 5.18. The molecule has 0 bridgehead atoms. The average molecular weight is 196 g/mol. The number of hydrogen-bond donors (Lipinski definition) is 1. The molecule has 1 N–H and O–H groups in total. The predicted octanol–water partition coefficient (Wildman–Crippen LogP) is 1.88. The van der Waals surface area contributed by atoms with Gasteiger partial charge < -0.3 is 5.32 Å². The highest BCUT2D eigenvalue weighted by Crippen LogP contribution is 2.29. The third-order valence-corrected chi connectivity index (χ3v) is 3.06. The number of nitrogens with zero attached hydrogens (tertiary/aromatic N) is 1. The first-order chi connectivity index (χ1) is 6.55. The Labute approximate surface area is 88.4 Å². The van der Waals surface area contributed by atoms with Gasteiger partial charge in [0.1, 0.15) is 0 Å². The van der Waals surface area contributed by atoms with Crippen LogP contribution in [0.25, 0.3) is 0 Å². The van der Waals surface area contributed by atoms with Crippen molar-refractivity contribution in [1.82, 2.24) is 10.2 Å². The molecule has 0 aliphatic carbocycles. The van der Waals surface area contributed by atoms with Gasteiger partial charge in [-0.05, 0) is 25.3 Å². The molecular formula is C12H24N2. The largest absolute Gasteiger partial charge is 0.312 e. The summed E-state index contributed by atoms with van der Waals surface area (Å²) in [5.41, 5.74) is 0.521. The Morgan fingerprint density at radius 1 is 1.57 bits per heavy atom. The lowest BCUT2D eigenvalue weighted by molar-refractivity contribution is 0.226. The van der Waals surface area contributed by atoms with Crippen molar-refractivity contribution >= 4 is 0 Å². The molecule has 0 radical (unpaired) electrons. The van der Waals surface area contributed by atoms with Crippen molar-refractivity contribution in [3.63, 3.8) is 0 Å². The molecular weight excluding hydrogens is 172 g/mol. The van der Waals surface area contributed by atoms with Gasteiger partial charge in [-0.25, -0.2) is 0 Å². The fourth-order valence-electron chi connectivity index (χ4n) is 2.05. The van der Waals surface area contributed by atoms with Gasteiger partial charge in [-0.1, -0.05) is 19.9 Å². The van der Waals surface area contributed by atoms with E-state index in [-0.39, 0.29) is 0 Å². The zero-order valence-electron chi connectivity index (χ0n) is 9.84. The smallest absolute Gasteiger partial charge is 0.0192 e. The molecule has 0 spiro atoms. The van der Waals surface area contributed by atoms with E-state index in [0.29, 0.717) is 11.5 Å². The van der Waals surface area contributed by atoms with E-state index in [0.717, 1.165) is 13.1 Å². The first-order valence-electron chi connectivity index (χ1n) is 5.61. The Hall–Kier alpha value is -0.340. The Morgan fingerprint density at radius 2 is 2.29 bits per heavy atom. The van der Waals surface area contributed by atoms with Crippen LogP contribution in [-0.2, 0) is 0 Å². The van der Waals surface area contributed by atoms with Gasteiger partial charge >= 0.3 is 0 Å². The summed E-state index contributed by atoms with van der Waals surface area (Å²) < 4.78 is 0. The van der Waals surface area contributed by atoms with E-state index in [1.54, 1.807) is 0 Å². The zero-order valence-corrected chi connectivity index (χ0v) is 9.84. The predicted molar refractivity (Wildman–Crippen MR) is 62.5 cm³/mol. The van der Waals surface area contributed by atoms with Crippen LogP contribution in [0.3, 0.4) is 0 Å². The van der Waals surface area contributed by atoms with Gasteiger partial charge in [0.15, 0.2) is 0 Å². The van der Waals surface area contributed by atoms with E-state index < -0.39 is 0 Å². The molecule has 82 valence electrons. The highest BCUT2D eigenvalue weighted by molar-refractivity contribution is 4.86. The fourth-order valence-corrected chi connectivity index (χ4v) is 2.05. The van der Waals surface area contributed by atoms with Crippen LogP contribution < -0.4 is 5.32 Å². The standard InChI is InChI=1S/C12H24N2/c1-5-7-13-9-11(2)14-8-6-12(3,4)10-14/h5,11,13H,1,6-10H2,2-4H3. The summed E-state index contributed by atoms with van der Waals surface area (Å²) in [4.78, 5) is 2.58. The van der Waals surface area contributed by atoms with Crippen molar-refractivity contribution in [3.05, 3.63) is 12.7 Å². The number of rotatable bonds is 5. The zero-order chi connectivity index (χ0) is 10.6. The minimum Gasteiger partial charge on any atom is -0.312 e. The SMILES string of the molecule is C=CCNCC(C)N1CCC(C)(C)C1. The van der Waals surface area contributed by atoms with E-state index in [2.05, 4.69) is 37.6 Å². The average Bonchev–Trinajstić information content (AvgIpc) is 2.46. The molecule has 1 saturated heterocycles. The molecule has 1 heterocycles. The molecule has 0 aromatic heterocycles. The van der Waals surface area contributed by atoms with Crippen molar-refractivity contribution in [2.75, 3.05) is 26.2 Å². The molecule has 1 aliphatic heterocycles. The number of likely N-dealkylation sites (tertiary alicyclic amines) is 1. The maximum atomic E-state index is 3.70. The highest BCUT2D eigenvalue weighted by Gasteiger charge is 2.31. The summed E-state index contributed by atoms with van der Waals surface area (Å²) in [5.74, 6) is 0. The van der Waals surface area contributed by atoms with Gasteiger partial charge in [0.05, 0.1) is 0 Å². The van der Waals surface area contributed by atoms with Gasteiger partial charge in [-0.15, -0.1) is 6.58 Å². The molecule has 2 nitrogen and oxygen atoms in total. The Kier molecular flexibility index (Phi) is 4.14. The summed E-state index contributed by atoms with van der Waals surface area (Å²) in [6, 6.07) is 0.650. The van der Waals surface area contributed by atoms with Gasteiger partial charge in [0.25, 0.3) is 0 Å². The van der Waals surface area contributed by atoms with Crippen LogP contribution in [0.15, 0.2) is 12.7 Å². The van der Waals surface area contributed by atoms with Gasteiger partial charge in [-0.3, -0.25) is 4.90 Å². The highest BCUT2D eigenvalue weighted by atomic mass is 15.2. The van der Waals surface area contributed by atoms with Crippen LogP contribution in [0, 0.1) is 5.41 Å². The van der Waals surface area contributed by atoms with Crippen LogP contribution in [-0.4, -0.2) is 37.1 Å². The van der Waals surface area contributed by atoms with Gasteiger partial charge in [0.2, 0.25) is 0 Å². The summed E-state index contributed by atoms with van der Waals surface area (Å²) in [7, 11) is 0. The Bertz CT molecular complexity index is 187. The van der Waals surface area contributed by atoms with Crippen LogP contribution in [0.1, 0.15) is 27.2 Å². The van der Waals surface area contributed by atoms with Crippen molar-refractivity contribution in [2.45, 2.75) is 33.2 Å². The first-order valence-corrected chi connectivity index (χ1v) is 5.61. The van der Waals surface area contributed by atoms with Crippen molar-refractivity contribution in [1.29, 1.82) is 0 Å². The summed E-state index contributed by atoms with van der Waals surface area (Å²) in [5, 5.41) is 3.38. The monoisotopic (exact) mass is 196 g/mol. The van der Waals surface area contributed by atoms with Crippen molar-refractivity contribution in [3.8, 4) is 0 Å². The van der Waals surface area contributed by atoms with Crippen molar-refractivity contribution in [2.24, 2.45) is 5.41 Å². The van der Waals surface area contributed by atoms with E-state index in [1.807, 2.05) is 6.08 Å². The van der Waals surface area contributed by atoms with Crippen molar-refractivity contribution < 1.29 is 0 Å². The lowest BCUT2D eigenvalue weighted by Crippen LogP contribution is -2.39. The molecule has 0 saturated carbocycles. The minimum absolute atomic E-state index is 0.521. The molecule has 0 amide bonds. The molecule has 0 aromatic rings. The summed E-state index contributed by atoms with van der Waals surface area (Å²) in [6.45, 7) is 15.2. The molecule has 1 unspecified atom stereocenters. The lowest BCUT2D eigenvalue weighted by Gasteiger charge is -2.26. The van der Waals surface area contributed by atoms with E-state index in [1.165, 1.54) is 19.5 Å². The molecule has 2 heteroatoms. The third kappa shape index (κ3) is 3.43. The van der Waals surface area contributed by atoms with E-state index >= 15 is 0 Å². The third-order valence-electron chi connectivity index (χ3n) is 3.06. The Balaban J connectivity index is 2.25. The van der Waals surface area contributed by atoms with E-state index in [9.17, 15) is 0 Å².